The first-order valence-electron chi connectivity index (χ1n) is 6.74. The molecule has 3 nitrogen and oxygen atoms in total. The van der Waals surface area contributed by atoms with Crippen LogP contribution >= 0.6 is 11.3 Å². The zero-order chi connectivity index (χ0) is 12.4. The number of nitrogens with zero attached hydrogens (tertiary/aromatic N) is 1. The van der Waals surface area contributed by atoms with E-state index in [0.29, 0.717) is 11.3 Å². The number of hydrogen-bond donors (Lipinski definition) is 1. The number of carbonyl (C=O) groups excluding carboxylic acids is 1. The van der Waals surface area contributed by atoms with Gasteiger partial charge in [0, 0.05) is 11.4 Å². The number of thiophene rings is 1. The van der Waals surface area contributed by atoms with E-state index in [1.54, 1.807) is 11.3 Å². The SMILES string of the molecule is CC1(CN2C(=O)C3(CC3)NC2c2cccs2)CC1. The van der Waals surface area contributed by atoms with E-state index in [9.17, 15) is 4.79 Å². The highest BCUT2D eigenvalue weighted by Crippen LogP contribution is 2.51. The van der Waals surface area contributed by atoms with E-state index >= 15 is 0 Å². The first kappa shape index (κ1) is 11.0. The van der Waals surface area contributed by atoms with Crippen molar-refractivity contribution in [2.24, 2.45) is 5.41 Å². The number of amides is 1. The highest BCUT2D eigenvalue weighted by atomic mass is 32.1. The normalized spacial score (nSPS) is 31.1. The number of nitrogens with one attached hydrogen (secondary N) is 1. The van der Waals surface area contributed by atoms with Gasteiger partial charge < -0.3 is 4.90 Å². The third-order valence-electron chi connectivity index (χ3n) is 4.61. The molecule has 3 fully saturated rings. The minimum Gasteiger partial charge on any atom is -0.320 e. The van der Waals surface area contributed by atoms with Gasteiger partial charge in [-0.05, 0) is 42.5 Å². The average Bonchev–Trinajstić information content (AvgIpc) is 3.19. The van der Waals surface area contributed by atoms with Crippen LogP contribution in [0, 0.1) is 5.41 Å². The summed E-state index contributed by atoms with van der Waals surface area (Å²) in [5.74, 6) is 0.342. The Morgan fingerprint density at radius 2 is 2.22 bits per heavy atom. The van der Waals surface area contributed by atoms with Gasteiger partial charge in [0.25, 0.3) is 0 Å². The van der Waals surface area contributed by atoms with Gasteiger partial charge in [-0.3, -0.25) is 10.1 Å². The number of rotatable bonds is 3. The van der Waals surface area contributed by atoms with Crippen LogP contribution in [0.2, 0.25) is 0 Å². The summed E-state index contributed by atoms with van der Waals surface area (Å²) in [5, 5.41) is 5.67. The fourth-order valence-electron chi connectivity index (χ4n) is 2.89. The van der Waals surface area contributed by atoms with Gasteiger partial charge in [-0.1, -0.05) is 13.0 Å². The Morgan fingerprint density at radius 3 is 2.78 bits per heavy atom. The molecule has 1 aliphatic heterocycles. The van der Waals surface area contributed by atoms with Crippen LogP contribution in [0.15, 0.2) is 17.5 Å². The lowest BCUT2D eigenvalue weighted by Crippen LogP contribution is -2.35. The standard InChI is InChI=1S/C14H18N2OS/c1-13(4-5-13)9-16-11(10-3-2-8-18-10)15-14(6-7-14)12(16)17/h2-3,8,11,15H,4-7,9H2,1H3. The lowest BCUT2D eigenvalue weighted by atomic mass is 10.1. The molecule has 2 aliphatic carbocycles. The highest BCUT2D eigenvalue weighted by molar-refractivity contribution is 7.10. The predicted octanol–water partition coefficient (Wildman–Crippen LogP) is 2.51. The van der Waals surface area contributed by atoms with E-state index in [4.69, 9.17) is 0 Å². The summed E-state index contributed by atoms with van der Waals surface area (Å²) in [6.45, 7) is 3.22. The van der Waals surface area contributed by atoms with Crippen molar-refractivity contribution in [3.05, 3.63) is 22.4 Å². The van der Waals surface area contributed by atoms with Crippen LogP contribution in [0.3, 0.4) is 0 Å². The molecule has 1 unspecified atom stereocenters. The minimum absolute atomic E-state index is 0.123. The molecule has 1 N–H and O–H groups in total. The molecule has 1 aromatic heterocycles. The molecule has 1 aromatic rings. The topological polar surface area (TPSA) is 32.3 Å². The van der Waals surface area contributed by atoms with Gasteiger partial charge in [0.05, 0.1) is 0 Å². The number of carbonyl (C=O) groups is 1. The van der Waals surface area contributed by atoms with Crippen LogP contribution < -0.4 is 5.32 Å². The lowest BCUT2D eigenvalue weighted by Gasteiger charge is -2.26. The van der Waals surface area contributed by atoms with Crippen molar-refractivity contribution in [1.29, 1.82) is 0 Å². The van der Waals surface area contributed by atoms with Crippen molar-refractivity contribution >= 4 is 17.2 Å². The third kappa shape index (κ3) is 1.55. The monoisotopic (exact) mass is 262 g/mol. The van der Waals surface area contributed by atoms with Crippen molar-refractivity contribution in [3.63, 3.8) is 0 Å². The summed E-state index contributed by atoms with van der Waals surface area (Å²) >= 11 is 1.74. The lowest BCUT2D eigenvalue weighted by molar-refractivity contribution is -0.131. The van der Waals surface area contributed by atoms with Gasteiger partial charge in [-0.2, -0.15) is 0 Å². The predicted molar refractivity (Wildman–Crippen MR) is 71.2 cm³/mol. The summed E-state index contributed by atoms with van der Waals surface area (Å²) in [4.78, 5) is 15.9. The molecule has 1 spiro atoms. The maximum Gasteiger partial charge on any atom is 0.244 e. The quantitative estimate of drug-likeness (QED) is 0.908. The van der Waals surface area contributed by atoms with Crippen LogP contribution in [0.25, 0.3) is 0 Å². The molecule has 0 radical (unpaired) electrons. The van der Waals surface area contributed by atoms with E-state index < -0.39 is 0 Å². The molecule has 96 valence electrons. The molecule has 0 aromatic carbocycles. The Hall–Kier alpha value is -0.870. The van der Waals surface area contributed by atoms with Gasteiger partial charge in [-0.25, -0.2) is 0 Å². The van der Waals surface area contributed by atoms with E-state index in [1.807, 2.05) is 0 Å². The largest absolute Gasteiger partial charge is 0.320 e. The van der Waals surface area contributed by atoms with Crippen LogP contribution in [0.4, 0.5) is 0 Å². The van der Waals surface area contributed by atoms with Crippen LogP contribution in [0.1, 0.15) is 43.6 Å². The molecule has 1 amide bonds. The minimum atomic E-state index is -0.195. The van der Waals surface area contributed by atoms with E-state index in [0.717, 1.165) is 19.4 Å². The molecule has 2 heterocycles. The molecular weight excluding hydrogens is 244 g/mol. The molecule has 1 atom stereocenters. The Balaban J connectivity index is 1.65. The third-order valence-corrected chi connectivity index (χ3v) is 5.54. The fourth-order valence-corrected chi connectivity index (χ4v) is 3.68. The van der Waals surface area contributed by atoms with Crippen molar-refractivity contribution in [3.8, 4) is 0 Å². The Labute approximate surface area is 111 Å². The van der Waals surface area contributed by atoms with Gasteiger partial charge in [0.1, 0.15) is 11.7 Å². The van der Waals surface area contributed by atoms with E-state index in [-0.39, 0.29) is 11.7 Å². The van der Waals surface area contributed by atoms with Crippen LogP contribution in [0.5, 0.6) is 0 Å². The zero-order valence-corrected chi connectivity index (χ0v) is 11.4. The van der Waals surface area contributed by atoms with Gasteiger partial charge in [-0.15, -0.1) is 11.3 Å². The number of hydrogen-bond acceptors (Lipinski definition) is 3. The van der Waals surface area contributed by atoms with Gasteiger partial charge in [0.15, 0.2) is 0 Å². The maximum absolute atomic E-state index is 12.6. The molecular formula is C14H18N2OS. The second-order valence-corrected chi connectivity index (χ2v) is 7.37. The Bertz CT molecular complexity index is 488. The summed E-state index contributed by atoms with van der Waals surface area (Å²) in [6, 6.07) is 4.21. The van der Waals surface area contributed by atoms with Gasteiger partial charge in [0.2, 0.25) is 5.91 Å². The molecule has 2 saturated carbocycles. The Morgan fingerprint density at radius 1 is 1.44 bits per heavy atom. The first-order valence-corrected chi connectivity index (χ1v) is 7.62. The maximum atomic E-state index is 12.6. The van der Waals surface area contributed by atoms with Gasteiger partial charge >= 0.3 is 0 Å². The summed E-state index contributed by atoms with van der Waals surface area (Å²) in [5.41, 5.74) is 0.188. The van der Waals surface area contributed by atoms with Crippen LogP contribution in [-0.4, -0.2) is 22.9 Å². The van der Waals surface area contributed by atoms with E-state index in [1.165, 1.54) is 17.7 Å². The van der Waals surface area contributed by atoms with Crippen LogP contribution in [-0.2, 0) is 4.79 Å². The molecule has 18 heavy (non-hydrogen) atoms. The second-order valence-electron chi connectivity index (χ2n) is 6.39. The molecule has 1 saturated heterocycles. The fraction of sp³-hybridized carbons (Fsp3) is 0.643. The van der Waals surface area contributed by atoms with Crippen molar-refractivity contribution in [2.45, 2.75) is 44.3 Å². The second kappa shape index (κ2) is 3.36. The zero-order valence-electron chi connectivity index (χ0n) is 10.6. The molecule has 0 bridgehead atoms. The highest BCUT2D eigenvalue weighted by Gasteiger charge is 2.60. The average molecular weight is 262 g/mol. The van der Waals surface area contributed by atoms with Crippen molar-refractivity contribution in [2.75, 3.05) is 6.54 Å². The molecule has 3 aliphatic rings. The summed E-state index contributed by atoms with van der Waals surface area (Å²) in [6.07, 6.45) is 4.68. The van der Waals surface area contributed by atoms with Crippen molar-refractivity contribution < 1.29 is 4.79 Å². The smallest absolute Gasteiger partial charge is 0.244 e. The Kier molecular flexibility index (Phi) is 2.06. The van der Waals surface area contributed by atoms with E-state index in [2.05, 4.69) is 34.7 Å². The first-order chi connectivity index (χ1) is 8.62. The van der Waals surface area contributed by atoms with Crippen molar-refractivity contribution in [1.82, 2.24) is 10.2 Å². The summed E-state index contributed by atoms with van der Waals surface area (Å²) in [7, 11) is 0. The molecule has 4 rings (SSSR count). The molecule has 4 heteroatoms. The summed E-state index contributed by atoms with van der Waals surface area (Å²) < 4.78 is 0.